The summed E-state index contributed by atoms with van der Waals surface area (Å²) in [5.74, 6) is -0.679. The van der Waals surface area contributed by atoms with Crippen LogP contribution < -0.4 is 10.6 Å². The first kappa shape index (κ1) is 13.7. The van der Waals surface area contributed by atoms with Gasteiger partial charge < -0.3 is 10.6 Å². The van der Waals surface area contributed by atoms with Crippen LogP contribution in [0.25, 0.3) is 0 Å². The molecule has 1 amide bonds. The first-order chi connectivity index (χ1) is 10.2. The zero-order chi connectivity index (χ0) is 14.8. The van der Waals surface area contributed by atoms with Gasteiger partial charge in [0.1, 0.15) is 11.5 Å². The fourth-order valence-electron chi connectivity index (χ4n) is 2.64. The Balaban J connectivity index is 1.99. The van der Waals surface area contributed by atoms with Crippen LogP contribution in [0.2, 0.25) is 0 Å². The summed E-state index contributed by atoms with van der Waals surface area (Å²) in [5, 5.41) is 0. The molecule has 21 heavy (non-hydrogen) atoms. The Kier molecular flexibility index (Phi) is 3.66. The lowest BCUT2D eigenvalue weighted by Crippen LogP contribution is -2.32. The molecule has 1 aromatic heterocycles. The second kappa shape index (κ2) is 5.61. The predicted octanol–water partition coefficient (Wildman–Crippen LogP) is 2.66. The lowest BCUT2D eigenvalue weighted by Gasteiger charge is -2.23. The van der Waals surface area contributed by atoms with Crippen LogP contribution in [0.5, 0.6) is 0 Å². The third-order valence-corrected chi connectivity index (χ3v) is 3.72. The third kappa shape index (κ3) is 2.64. The quantitative estimate of drug-likeness (QED) is 0.876. The number of nitrogens with two attached hydrogens (primary N) is 1. The molecule has 3 rings (SSSR count). The van der Waals surface area contributed by atoms with Crippen LogP contribution in [0.4, 0.5) is 10.1 Å². The van der Waals surface area contributed by atoms with Crippen LogP contribution in [0.1, 0.15) is 34.9 Å². The summed E-state index contributed by atoms with van der Waals surface area (Å²) in [7, 11) is 0. The van der Waals surface area contributed by atoms with Crippen molar-refractivity contribution in [2.45, 2.75) is 18.9 Å². The Morgan fingerprint density at radius 2 is 2.10 bits per heavy atom. The van der Waals surface area contributed by atoms with Gasteiger partial charge in [0.25, 0.3) is 5.91 Å². The normalized spacial score (nSPS) is 18.0. The molecule has 2 heterocycles. The molecule has 1 aromatic carbocycles. The summed E-state index contributed by atoms with van der Waals surface area (Å²) in [6.07, 6.45) is 2.71. The van der Waals surface area contributed by atoms with Crippen molar-refractivity contribution in [2.75, 3.05) is 11.4 Å². The van der Waals surface area contributed by atoms with Crippen molar-refractivity contribution in [1.29, 1.82) is 0 Å². The molecular weight excluding hydrogens is 269 g/mol. The molecule has 0 radical (unpaired) electrons. The summed E-state index contributed by atoms with van der Waals surface area (Å²) >= 11 is 0. The third-order valence-electron chi connectivity index (χ3n) is 3.72. The number of benzene rings is 1. The Labute approximate surface area is 122 Å². The minimum atomic E-state index is -0.454. The van der Waals surface area contributed by atoms with E-state index in [9.17, 15) is 9.18 Å². The number of fused-ring (bicyclic) bond motifs is 1. The van der Waals surface area contributed by atoms with Crippen LogP contribution >= 0.6 is 0 Å². The van der Waals surface area contributed by atoms with Gasteiger partial charge in [0.2, 0.25) is 0 Å². The van der Waals surface area contributed by atoms with Gasteiger partial charge in [-0.25, -0.2) is 9.37 Å². The number of anilines is 1. The fourth-order valence-corrected chi connectivity index (χ4v) is 2.64. The molecule has 2 aromatic rings. The first-order valence-corrected chi connectivity index (χ1v) is 6.95. The highest BCUT2D eigenvalue weighted by Crippen LogP contribution is 2.32. The number of rotatable bonds is 1. The maximum atomic E-state index is 12.9. The molecule has 4 nitrogen and oxygen atoms in total. The molecule has 0 fully saturated rings. The maximum Gasteiger partial charge on any atom is 0.276 e. The highest BCUT2D eigenvalue weighted by molar-refractivity contribution is 6.05. The Bertz CT molecular complexity index is 657. The van der Waals surface area contributed by atoms with Gasteiger partial charge in [0, 0.05) is 18.3 Å². The molecule has 1 atom stereocenters. The van der Waals surface area contributed by atoms with E-state index in [0.29, 0.717) is 6.54 Å². The van der Waals surface area contributed by atoms with Gasteiger partial charge in [0.05, 0.1) is 6.20 Å². The lowest BCUT2D eigenvalue weighted by molar-refractivity contribution is 0.0982. The minimum Gasteiger partial charge on any atom is -0.324 e. The smallest absolute Gasteiger partial charge is 0.276 e. The zero-order valence-electron chi connectivity index (χ0n) is 11.5. The average Bonchev–Trinajstić information content (AvgIpc) is 2.67. The number of nitrogens with zero attached hydrogens (tertiary/aromatic N) is 2. The number of carbonyl (C=O) groups is 1. The summed E-state index contributed by atoms with van der Waals surface area (Å²) in [6, 6.07) is 10.2. The number of hydrogen-bond donors (Lipinski definition) is 1. The number of carbonyl (C=O) groups excluding carboxylic acids is 1. The molecule has 108 valence electrons. The molecule has 0 spiro atoms. The minimum absolute atomic E-state index is 0.0693. The molecule has 1 aliphatic heterocycles. The van der Waals surface area contributed by atoms with Crippen LogP contribution in [0.3, 0.4) is 0 Å². The van der Waals surface area contributed by atoms with Crippen molar-refractivity contribution < 1.29 is 9.18 Å². The van der Waals surface area contributed by atoms with Crippen molar-refractivity contribution in [2.24, 2.45) is 5.73 Å². The van der Waals surface area contributed by atoms with Crippen molar-refractivity contribution in [1.82, 2.24) is 4.98 Å². The molecule has 0 saturated carbocycles. The van der Waals surface area contributed by atoms with Gasteiger partial charge in [-0.15, -0.1) is 0 Å². The number of amides is 1. The van der Waals surface area contributed by atoms with E-state index in [2.05, 4.69) is 4.98 Å². The van der Waals surface area contributed by atoms with Gasteiger partial charge >= 0.3 is 0 Å². The standard InChI is InChI=1S/C16H16FN3O/c17-11-7-8-14(19-10-11)16(21)20-9-3-5-13(18)12-4-1-2-6-15(12)20/h1-2,4,6-8,10,13H,3,5,9,18H2. The van der Waals surface area contributed by atoms with E-state index in [1.165, 1.54) is 12.1 Å². The van der Waals surface area contributed by atoms with E-state index < -0.39 is 5.82 Å². The lowest BCUT2D eigenvalue weighted by atomic mass is 10.0. The Morgan fingerprint density at radius 1 is 1.29 bits per heavy atom. The zero-order valence-corrected chi connectivity index (χ0v) is 11.5. The van der Waals surface area contributed by atoms with Crippen LogP contribution in [-0.4, -0.2) is 17.4 Å². The summed E-state index contributed by atoms with van der Waals surface area (Å²) in [5.41, 5.74) is 8.18. The van der Waals surface area contributed by atoms with E-state index in [1.54, 1.807) is 4.90 Å². The molecule has 1 unspecified atom stereocenters. The number of para-hydroxylation sites is 1. The van der Waals surface area contributed by atoms with Gasteiger partial charge in [-0.1, -0.05) is 18.2 Å². The van der Waals surface area contributed by atoms with E-state index in [0.717, 1.165) is 30.3 Å². The van der Waals surface area contributed by atoms with Gasteiger partial charge in [-0.3, -0.25) is 4.79 Å². The summed E-state index contributed by atoms with van der Waals surface area (Å²) < 4.78 is 12.9. The highest BCUT2D eigenvalue weighted by atomic mass is 19.1. The van der Waals surface area contributed by atoms with Crippen molar-refractivity contribution in [3.8, 4) is 0 Å². The van der Waals surface area contributed by atoms with E-state index in [-0.39, 0.29) is 17.6 Å². The highest BCUT2D eigenvalue weighted by Gasteiger charge is 2.25. The fraction of sp³-hybridized carbons (Fsp3) is 0.250. The number of pyridine rings is 1. The molecule has 2 N–H and O–H groups in total. The Morgan fingerprint density at radius 3 is 2.86 bits per heavy atom. The van der Waals surface area contributed by atoms with Crippen LogP contribution in [0.15, 0.2) is 42.6 Å². The number of hydrogen-bond acceptors (Lipinski definition) is 3. The summed E-state index contributed by atoms with van der Waals surface area (Å²) in [4.78, 5) is 18.2. The van der Waals surface area contributed by atoms with Crippen molar-refractivity contribution in [3.05, 3.63) is 59.7 Å². The summed E-state index contributed by atoms with van der Waals surface area (Å²) in [6.45, 7) is 0.586. The molecule has 0 aliphatic carbocycles. The second-order valence-electron chi connectivity index (χ2n) is 5.13. The maximum absolute atomic E-state index is 12.9. The molecule has 0 saturated heterocycles. The van der Waals surface area contributed by atoms with E-state index in [1.807, 2.05) is 24.3 Å². The predicted molar refractivity (Wildman–Crippen MR) is 78.5 cm³/mol. The molecule has 1 aliphatic rings. The molecule has 0 bridgehead atoms. The Hall–Kier alpha value is -2.27. The second-order valence-corrected chi connectivity index (χ2v) is 5.13. The molecule has 5 heteroatoms. The van der Waals surface area contributed by atoms with E-state index >= 15 is 0 Å². The molecular formula is C16H16FN3O. The SMILES string of the molecule is NC1CCCN(C(=O)c2ccc(F)cn2)c2ccccc21. The van der Waals surface area contributed by atoms with Crippen molar-refractivity contribution >= 4 is 11.6 Å². The van der Waals surface area contributed by atoms with Crippen LogP contribution in [-0.2, 0) is 0 Å². The largest absolute Gasteiger partial charge is 0.324 e. The van der Waals surface area contributed by atoms with Crippen LogP contribution in [0, 0.1) is 5.82 Å². The monoisotopic (exact) mass is 285 g/mol. The number of aromatic nitrogens is 1. The number of halogens is 1. The average molecular weight is 285 g/mol. The van der Waals surface area contributed by atoms with Gasteiger partial charge in [-0.05, 0) is 36.6 Å². The van der Waals surface area contributed by atoms with Crippen molar-refractivity contribution in [3.63, 3.8) is 0 Å². The van der Waals surface area contributed by atoms with Gasteiger partial charge in [0.15, 0.2) is 0 Å². The van der Waals surface area contributed by atoms with E-state index in [4.69, 9.17) is 5.73 Å². The first-order valence-electron chi connectivity index (χ1n) is 6.95. The van der Waals surface area contributed by atoms with Gasteiger partial charge in [-0.2, -0.15) is 0 Å². The topological polar surface area (TPSA) is 59.2 Å².